The van der Waals surface area contributed by atoms with E-state index in [1.54, 1.807) is 20.3 Å². The number of ether oxygens (including phenoxy) is 2. The summed E-state index contributed by atoms with van der Waals surface area (Å²) in [5, 5.41) is 14.0. The number of hydrogen-bond acceptors (Lipinski definition) is 5. The van der Waals surface area contributed by atoms with Crippen LogP contribution in [0.1, 0.15) is 31.9 Å². The number of nitrogens with one attached hydrogen (secondary N) is 1. The van der Waals surface area contributed by atoms with Crippen LogP contribution in [0.25, 0.3) is 0 Å². The van der Waals surface area contributed by atoms with Crippen molar-refractivity contribution in [2.24, 2.45) is 5.92 Å². The molecule has 2 rings (SSSR count). The third kappa shape index (κ3) is 3.47. The van der Waals surface area contributed by atoms with Crippen LogP contribution < -0.4 is 14.8 Å². The van der Waals surface area contributed by atoms with Crippen LogP contribution in [0, 0.1) is 5.92 Å². The van der Waals surface area contributed by atoms with Gasteiger partial charge in [-0.2, -0.15) is 0 Å². The number of aromatic hydroxyl groups is 1. The SMILES string of the molecule is CCC(C)[C@@H](c1c(O)cc(OC)cc1OC)N1CCNCC1. The molecular weight excluding hydrogens is 280 g/mol. The number of nitrogens with zero attached hydrogens (tertiary/aromatic N) is 1. The summed E-state index contributed by atoms with van der Waals surface area (Å²) in [4.78, 5) is 2.44. The molecule has 1 unspecified atom stereocenters. The Balaban J connectivity index is 2.46. The maximum Gasteiger partial charge on any atom is 0.131 e. The first-order valence-electron chi connectivity index (χ1n) is 8.02. The van der Waals surface area contributed by atoms with Gasteiger partial charge in [0, 0.05) is 44.4 Å². The van der Waals surface area contributed by atoms with Crippen molar-refractivity contribution in [3.8, 4) is 17.2 Å². The second kappa shape index (κ2) is 7.70. The fraction of sp³-hybridized carbons (Fsp3) is 0.647. The lowest BCUT2D eigenvalue weighted by Gasteiger charge is -2.39. The van der Waals surface area contributed by atoms with Gasteiger partial charge in [0.05, 0.1) is 19.8 Å². The lowest BCUT2D eigenvalue weighted by atomic mass is 9.89. The van der Waals surface area contributed by atoms with Gasteiger partial charge in [-0.25, -0.2) is 0 Å². The summed E-state index contributed by atoms with van der Waals surface area (Å²) >= 11 is 0. The molecule has 22 heavy (non-hydrogen) atoms. The topological polar surface area (TPSA) is 54.0 Å². The smallest absolute Gasteiger partial charge is 0.131 e. The zero-order valence-electron chi connectivity index (χ0n) is 14.1. The molecule has 1 heterocycles. The van der Waals surface area contributed by atoms with Gasteiger partial charge in [-0.15, -0.1) is 0 Å². The quantitative estimate of drug-likeness (QED) is 0.845. The Hall–Kier alpha value is -1.46. The van der Waals surface area contributed by atoms with E-state index in [1.165, 1.54) is 0 Å². The first-order chi connectivity index (χ1) is 10.6. The zero-order chi connectivity index (χ0) is 16.1. The van der Waals surface area contributed by atoms with E-state index in [0.717, 1.165) is 38.2 Å². The highest BCUT2D eigenvalue weighted by atomic mass is 16.5. The van der Waals surface area contributed by atoms with Crippen molar-refractivity contribution in [3.05, 3.63) is 17.7 Å². The molecule has 1 aliphatic heterocycles. The fourth-order valence-electron chi connectivity index (χ4n) is 3.18. The van der Waals surface area contributed by atoms with Gasteiger partial charge in [0.15, 0.2) is 0 Å². The number of rotatable bonds is 6. The van der Waals surface area contributed by atoms with Gasteiger partial charge in [-0.3, -0.25) is 4.90 Å². The molecule has 0 aliphatic carbocycles. The van der Waals surface area contributed by atoms with E-state index in [2.05, 4.69) is 24.1 Å². The standard InChI is InChI=1S/C17H28N2O3/c1-5-12(2)17(19-8-6-18-7-9-19)16-14(20)10-13(21-3)11-15(16)22-4/h10-12,17-18,20H,5-9H2,1-4H3/t12?,17-/m0/s1. The van der Waals surface area contributed by atoms with Crippen LogP contribution in [0.5, 0.6) is 17.2 Å². The van der Waals surface area contributed by atoms with Crippen LogP contribution in [0.15, 0.2) is 12.1 Å². The second-order valence-corrected chi connectivity index (χ2v) is 5.88. The minimum Gasteiger partial charge on any atom is -0.507 e. The summed E-state index contributed by atoms with van der Waals surface area (Å²) in [5.41, 5.74) is 0.875. The van der Waals surface area contributed by atoms with Crippen molar-refractivity contribution in [2.45, 2.75) is 26.3 Å². The summed E-state index contributed by atoms with van der Waals surface area (Å²) < 4.78 is 10.8. The van der Waals surface area contributed by atoms with Gasteiger partial charge in [0.1, 0.15) is 17.2 Å². The Morgan fingerprint density at radius 1 is 1.23 bits per heavy atom. The number of hydrogen-bond donors (Lipinski definition) is 2. The van der Waals surface area contributed by atoms with Crippen molar-refractivity contribution in [1.29, 1.82) is 0 Å². The molecule has 0 spiro atoms. The van der Waals surface area contributed by atoms with E-state index in [0.29, 0.717) is 17.4 Å². The monoisotopic (exact) mass is 308 g/mol. The Labute approximate surface area is 133 Å². The molecule has 1 fully saturated rings. The van der Waals surface area contributed by atoms with E-state index in [9.17, 15) is 5.11 Å². The molecule has 124 valence electrons. The first-order valence-corrected chi connectivity index (χ1v) is 8.02. The molecule has 5 heteroatoms. The molecule has 2 atom stereocenters. The van der Waals surface area contributed by atoms with Gasteiger partial charge in [0.25, 0.3) is 0 Å². The highest BCUT2D eigenvalue weighted by Gasteiger charge is 2.31. The van der Waals surface area contributed by atoms with Crippen molar-refractivity contribution in [1.82, 2.24) is 10.2 Å². The average Bonchev–Trinajstić information content (AvgIpc) is 2.56. The molecule has 1 saturated heterocycles. The molecule has 1 aromatic rings. The lowest BCUT2D eigenvalue weighted by molar-refractivity contribution is 0.123. The Morgan fingerprint density at radius 3 is 2.45 bits per heavy atom. The molecular formula is C17H28N2O3. The highest BCUT2D eigenvalue weighted by Crippen LogP contribution is 2.43. The summed E-state index contributed by atoms with van der Waals surface area (Å²) in [7, 11) is 3.24. The Morgan fingerprint density at radius 2 is 1.91 bits per heavy atom. The Bertz CT molecular complexity index is 487. The predicted octanol–water partition coefficient (Wildman–Crippen LogP) is 2.40. The van der Waals surface area contributed by atoms with Crippen molar-refractivity contribution < 1.29 is 14.6 Å². The number of phenolic OH excluding ortho intramolecular Hbond substituents is 1. The maximum atomic E-state index is 10.6. The number of piperazine rings is 1. The van der Waals surface area contributed by atoms with Crippen molar-refractivity contribution in [3.63, 3.8) is 0 Å². The van der Waals surface area contributed by atoms with E-state index in [-0.39, 0.29) is 11.8 Å². The largest absolute Gasteiger partial charge is 0.507 e. The summed E-state index contributed by atoms with van der Waals surface area (Å²) in [6.07, 6.45) is 1.04. The average molecular weight is 308 g/mol. The van der Waals surface area contributed by atoms with Crippen LogP contribution >= 0.6 is 0 Å². The van der Waals surface area contributed by atoms with Crippen LogP contribution in [0.2, 0.25) is 0 Å². The summed E-state index contributed by atoms with van der Waals surface area (Å²) in [5.74, 6) is 1.98. The molecule has 0 radical (unpaired) electrons. The van der Waals surface area contributed by atoms with E-state index in [1.807, 2.05) is 6.07 Å². The third-order valence-corrected chi connectivity index (χ3v) is 4.57. The molecule has 0 amide bonds. The van der Waals surface area contributed by atoms with E-state index < -0.39 is 0 Å². The molecule has 1 aromatic carbocycles. The second-order valence-electron chi connectivity index (χ2n) is 5.88. The molecule has 0 bridgehead atoms. The fourth-order valence-corrected chi connectivity index (χ4v) is 3.18. The molecule has 0 saturated carbocycles. The zero-order valence-corrected chi connectivity index (χ0v) is 14.1. The molecule has 2 N–H and O–H groups in total. The minimum absolute atomic E-state index is 0.146. The van der Waals surface area contributed by atoms with Gasteiger partial charge in [0.2, 0.25) is 0 Å². The van der Waals surface area contributed by atoms with Crippen molar-refractivity contribution in [2.75, 3.05) is 40.4 Å². The van der Waals surface area contributed by atoms with Gasteiger partial charge in [-0.05, 0) is 5.92 Å². The summed E-state index contributed by atoms with van der Waals surface area (Å²) in [6.45, 7) is 8.33. The highest BCUT2D eigenvalue weighted by molar-refractivity contribution is 5.52. The predicted molar refractivity (Wildman–Crippen MR) is 87.8 cm³/mol. The first kappa shape index (κ1) is 16.9. The van der Waals surface area contributed by atoms with Gasteiger partial charge in [-0.1, -0.05) is 20.3 Å². The molecule has 0 aromatic heterocycles. The van der Waals surface area contributed by atoms with Crippen LogP contribution in [0.4, 0.5) is 0 Å². The van der Waals surface area contributed by atoms with Gasteiger partial charge < -0.3 is 19.9 Å². The third-order valence-electron chi connectivity index (χ3n) is 4.57. The lowest BCUT2D eigenvalue weighted by Crippen LogP contribution is -2.46. The van der Waals surface area contributed by atoms with Crippen molar-refractivity contribution >= 4 is 0 Å². The van der Waals surface area contributed by atoms with Crippen LogP contribution in [0.3, 0.4) is 0 Å². The summed E-state index contributed by atoms with van der Waals surface area (Å²) in [6, 6.07) is 3.68. The Kier molecular flexibility index (Phi) is 5.91. The maximum absolute atomic E-state index is 10.6. The normalized spacial score (nSPS) is 18.7. The molecule has 5 nitrogen and oxygen atoms in total. The van der Waals surface area contributed by atoms with E-state index >= 15 is 0 Å². The van der Waals surface area contributed by atoms with Crippen LogP contribution in [-0.2, 0) is 0 Å². The number of phenols is 1. The van der Waals surface area contributed by atoms with E-state index in [4.69, 9.17) is 9.47 Å². The van der Waals surface area contributed by atoms with Crippen LogP contribution in [-0.4, -0.2) is 50.4 Å². The number of methoxy groups -OCH3 is 2. The number of benzene rings is 1. The minimum atomic E-state index is 0.146. The van der Waals surface area contributed by atoms with Gasteiger partial charge >= 0.3 is 0 Å². The molecule has 1 aliphatic rings.